The molecular weight excluding hydrogens is 451 g/mol. The maximum Gasteiger partial charge on any atom is 0.416 e. The molecule has 1 aliphatic rings. The van der Waals surface area contributed by atoms with Crippen molar-refractivity contribution in [3.8, 4) is 6.07 Å². The van der Waals surface area contributed by atoms with Crippen LogP contribution in [0.4, 0.5) is 18.9 Å². The summed E-state index contributed by atoms with van der Waals surface area (Å²) in [6.45, 7) is 4.94. The molecule has 3 rings (SSSR count). The van der Waals surface area contributed by atoms with E-state index in [9.17, 15) is 23.2 Å². The zero-order chi connectivity index (χ0) is 24.2. The second-order valence-electron chi connectivity index (χ2n) is 8.48. The molecule has 1 saturated heterocycles. The Hall–Kier alpha value is -2.72. The summed E-state index contributed by atoms with van der Waals surface area (Å²) in [5, 5.41) is 9.44. The van der Waals surface area contributed by atoms with Crippen molar-refractivity contribution in [1.82, 2.24) is 4.90 Å². The molecule has 0 saturated carbocycles. The molecule has 1 unspecified atom stereocenters. The Morgan fingerprint density at radius 2 is 2.03 bits per heavy atom. The van der Waals surface area contributed by atoms with Gasteiger partial charge in [0.2, 0.25) is 5.91 Å². The van der Waals surface area contributed by atoms with Gasteiger partial charge in [0.05, 0.1) is 16.1 Å². The average Bonchev–Trinajstić information content (AvgIpc) is 3.26. The van der Waals surface area contributed by atoms with Gasteiger partial charge in [-0.05, 0) is 42.7 Å². The molecule has 1 fully saturated rings. The number of benzene rings is 2. The van der Waals surface area contributed by atoms with Crippen LogP contribution in [-0.2, 0) is 17.5 Å². The summed E-state index contributed by atoms with van der Waals surface area (Å²) in [4.78, 5) is 16.5. The molecule has 0 bridgehead atoms. The fourth-order valence-corrected chi connectivity index (χ4v) is 4.60. The van der Waals surface area contributed by atoms with Crippen molar-refractivity contribution in [3.05, 3.63) is 64.2 Å². The van der Waals surface area contributed by atoms with Gasteiger partial charge in [0.15, 0.2) is 0 Å². The lowest BCUT2D eigenvalue weighted by atomic mass is 10.0. The Kier molecular flexibility index (Phi) is 7.91. The summed E-state index contributed by atoms with van der Waals surface area (Å²) < 4.78 is 40.9. The molecule has 1 aliphatic heterocycles. The molecule has 2 aromatic carbocycles. The van der Waals surface area contributed by atoms with Gasteiger partial charge in [0.25, 0.3) is 0 Å². The zero-order valence-electron chi connectivity index (χ0n) is 18.7. The number of anilines is 1. The minimum Gasteiger partial charge on any atom is -0.362 e. The van der Waals surface area contributed by atoms with Crippen LogP contribution in [0.2, 0.25) is 5.02 Å². The van der Waals surface area contributed by atoms with Crippen LogP contribution in [0.5, 0.6) is 0 Å². The highest BCUT2D eigenvalue weighted by atomic mass is 35.5. The van der Waals surface area contributed by atoms with Gasteiger partial charge in [-0.1, -0.05) is 50.1 Å². The van der Waals surface area contributed by atoms with E-state index in [2.05, 4.69) is 0 Å². The summed E-state index contributed by atoms with van der Waals surface area (Å²) in [6, 6.07) is 12.2. The van der Waals surface area contributed by atoms with E-state index >= 15 is 0 Å². The fraction of sp³-hybridized carbons (Fsp3) is 0.440. The third kappa shape index (κ3) is 5.80. The first-order chi connectivity index (χ1) is 15.7. The number of carbonyl (C=O) groups excluding carboxylic acids is 1. The number of nitriles is 1. The highest BCUT2D eigenvalue weighted by Crippen LogP contribution is 2.35. The predicted molar refractivity (Wildman–Crippen MR) is 123 cm³/mol. The van der Waals surface area contributed by atoms with Crippen LogP contribution in [0.25, 0.3) is 0 Å². The minimum atomic E-state index is -4.47. The van der Waals surface area contributed by atoms with Crippen molar-refractivity contribution in [2.24, 2.45) is 5.92 Å². The Labute approximate surface area is 197 Å². The molecular formula is C25H27ClF3N3O. The van der Waals surface area contributed by atoms with Crippen molar-refractivity contribution in [2.75, 3.05) is 18.0 Å². The van der Waals surface area contributed by atoms with Crippen LogP contribution < -0.4 is 4.90 Å². The lowest BCUT2D eigenvalue weighted by Gasteiger charge is -2.33. The molecule has 1 heterocycles. The smallest absolute Gasteiger partial charge is 0.362 e. The van der Waals surface area contributed by atoms with Crippen LogP contribution >= 0.6 is 11.6 Å². The van der Waals surface area contributed by atoms with Crippen molar-refractivity contribution in [3.63, 3.8) is 0 Å². The number of hydrogen-bond acceptors (Lipinski definition) is 3. The van der Waals surface area contributed by atoms with Crippen molar-refractivity contribution in [1.29, 1.82) is 5.26 Å². The number of hydrogen-bond donors (Lipinski definition) is 0. The third-order valence-electron chi connectivity index (χ3n) is 6.13. The Morgan fingerprint density at radius 1 is 1.30 bits per heavy atom. The Bertz CT molecular complexity index is 1030. The van der Waals surface area contributed by atoms with Gasteiger partial charge < -0.3 is 9.80 Å². The van der Waals surface area contributed by atoms with Crippen LogP contribution in [0, 0.1) is 17.2 Å². The molecule has 1 amide bonds. The lowest BCUT2D eigenvalue weighted by Crippen LogP contribution is -2.40. The van der Waals surface area contributed by atoms with E-state index in [0.717, 1.165) is 18.9 Å². The normalized spacial score (nSPS) is 17.0. The van der Waals surface area contributed by atoms with E-state index in [0.29, 0.717) is 30.8 Å². The van der Waals surface area contributed by atoms with Crippen LogP contribution in [-0.4, -0.2) is 29.9 Å². The van der Waals surface area contributed by atoms with E-state index in [1.807, 2.05) is 24.8 Å². The first kappa shape index (κ1) is 24.9. The quantitative estimate of drug-likeness (QED) is 0.472. The fourth-order valence-electron chi connectivity index (χ4n) is 4.39. The standard InChI is InChI=1S/C25H27ClF3N3O/c1-3-6-17(2)24(33)31-12-11-21(16-31)32(20-10-9-18(14-30)23(26)13-20)15-19-7-4-5-8-22(19)25(27,28)29/h4-5,7-10,13,17,21H,3,6,11-12,15-16H2,1-2H3/t17?,21-/m0/s1. The first-order valence-electron chi connectivity index (χ1n) is 11.1. The maximum absolute atomic E-state index is 13.6. The highest BCUT2D eigenvalue weighted by molar-refractivity contribution is 6.32. The predicted octanol–water partition coefficient (Wildman–Crippen LogP) is 6.27. The van der Waals surface area contributed by atoms with Crippen LogP contribution in [0.3, 0.4) is 0 Å². The number of rotatable bonds is 7. The van der Waals surface area contributed by atoms with Gasteiger partial charge in [0.1, 0.15) is 6.07 Å². The summed E-state index contributed by atoms with van der Waals surface area (Å²) in [6.07, 6.45) is -2.13. The van der Waals surface area contributed by atoms with Crippen molar-refractivity contribution < 1.29 is 18.0 Å². The molecule has 4 nitrogen and oxygen atoms in total. The number of amides is 1. The molecule has 8 heteroatoms. The minimum absolute atomic E-state index is 0.00905. The second kappa shape index (κ2) is 10.5. The maximum atomic E-state index is 13.6. The van der Waals surface area contributed by atoms with E-state index in [1.54, 1.807) is 29.2 Å². The molecule has 0 radical (unpaired) electrons. The van der Waals surface area contributed by atoms with E-state index < -0.39 is 11.7 Å². The van der Waals surface area contributed by atoms with E-state index in [4.69, 9.17) is 11.6 Å². The number of nitrogens with zero attached hydrogens (tertiary/aromatic N) is 3. The molecule has 2 aromatic rings. The molecule has 33 heavy (non-hydrogen) atoms. The van der Waals surface area contributed by atoms with Gasteiger partial charge in [-0.3, -0.25) is 4.79 Å². The van der Waals surface area contributed by atoms with Crippen molar-refractivity contribution in [2.45, 2.75) is 51.9 Å². The van der Waals surface area contributed by atoms with Crippen LogP contribution in [0.15, 0.2) is 42.5 Å². The molecule has 0 N–H and O–H groups in total. The second-order valence-corrected chi connectivity index (χ2v) is 8.88. The summed E-state index contributed by atoms with van der Waals surface area (Å²) in [7, 11) is 0. The molecule has 0 aliphatic carbocycles. The summed E-state index contributed by atoms with van der Waals surface area (Å²) >= 11 is 6.25. The Morgan fingerprint density at radius 3 is 2.67 bits per heavy atom. The molecule has 176 valence electrons. The van der Waals surface area contributed by atoms with Gasteiger partial charge in [0, 0.05) is 37.3 Å². The highest BCUT2D eigenvalue weighted by Gasteiger charge is 2.36. The molecule has 0 spiro atoms. The first-order valence-corrected chi connectivity index (χ1v) is 11.4. The van der Waals surface area contributed by atoms with Gasteiger partial charge in [-0.2, -0.15) is 18.4 Å². The average molecular weight is 478 g/mol. The van der Waals surface area contributed by atoms with E-state index in [1.165, 1.54) is 12.1 Å². The van der Waals surface area contributed by atoms with Gasteiger partial charge >= 0.3 is 6.18 Å². The number of carbonyl (C=O) groups is 1. The molecule has 2 atom stereocenters. The van der Waals surface area contributed by atoms with Gasteiger partial charge in [-0.15, -0.1) is 0 Å². The summed E-state index contributed by atoms with van der Waals surface area (Å²) in [5.74, 6) is -0.00892. The topological polar surface area (TPSA) is 47.3 Å². The SMILES string of the molecule is CCCC(C)C(=O)N1CC[C@H](N(Cc2ccccc2C(F)(F)F)c2ccc(C#N)c(Cl)c2)C1. The number of likely N-dealkylation sites (tertiary alicyclic amines) is 1. The molecule has 0 aromatic heterocycles. The zero-order valence-corrected chi connectivity index (χ0v) is 19.5. The van der Waals surface area contributed by atoms with Crippen LogP contribution in [0.1, 0.15) is 49.8 Å². The number of halogens is 4. The van der Waals surface area contributed by atoms with Gasteiger partial charge in [-0.25, -0.2) is 0 Å². The third-order valence-corrected chi connectivity index (χ3v) is 6.44. The summed E-state index contributed by atoms with van der Waals surface area (Å²) in [5.41, 5.74) is 0.386. The monoisotopic (exact) mass is 477 g/mol. The lowest BCUT2D eigenvalue weighted by molar-refractivity contribution is -0.138. The number of alkyl halides is 3. The van der Waals surface area contributed by atoms with Crippen molar-refractivity contribution >= 4 is 23.2 Å². The van der Waals surface area contributed by atoms with E-state index in [-0.39, 0.29) is 35.0 Å². The largest absolute Gasteiger partial charge is 0.416 e. The Balaban J connectivity index is 1.94.